The van der Waals surface area contributed by atoms with Gasteiger partial charge in [0, 0.05) is 6.54 Å². The fourth-order valence-electron chi connectivity index (χ4n) is 1.70. The molecule has 1 unspecified atom stereocenters. The molecule has 120 valence electrons. The molecule has 0 heterocycles. The van der Waals surface area contributed by atoms with Crippen molar-refractivity contribution in [1.82, 2.24) is 10.6 Å². The van der Waals surface area contributed by atoms with Gasteiger partial charge in [-0.3, -0.25) is 9.59 Å². The lowest BCUT2D eigenvalue weighted by Crippen LogP contribution is -2.48. The molecule has 0 aliphatic heterocycles. The summed E-state index contributed by atoms with van der Waals surface area (Å²) in [6.45, 7) is 3.82. The number of benzene rings is 1. The van der Waals surface area contributed by atoms with Crippen LogP contribution in [0.25, 0.3) is 0 Å². The lowest BCUT2D eigenvalue weighted by atomic mass is 10.2. The van der Waals surface area contributed by atoms with E-state index in [0.29, 0.717) is 18.7 Å². The van der Waals surface area contributed by atoms with Crippen LogP contribution in [0.5, 0.6) is 5.75 Å². The summed E-state index contributed by atoms with van der Waals surface area (Å²) in [7, 11) is 0. The first-order valence-electron chi connectivity index (χ1n) is 7.02. The van der Waals surface area contributed by atoms with E-state index in [9.17, 15) is 9.59 Å². The Bertz CT molecular complexity index is 480. The van der Waals surface area contributed by atoms with E-state index in [1.54, 1.807) is 30.0 Å². The minimum atomic E-state index is -0.556. The summed E-state index contributed by atoms with van der Waals surface area (Å²) in [5.74, 6) is 0.881. The summed E-state index contributed by atoms with van der Waals surface area (Å²) in [6, 6.07) is 8.52. The molecule has 0 aromatic heterocycles. The number of ether oxygens (including phenoxy) is 1. The Balaban J connectivity index is 2.47. The van der Waals surface area contributed by atoms with Crippen molar-refractivity contribution in [3.63, 3.8) is 0 Å². The van der Waals surface area contributed by atoms with Gasteiger partial charge in [0.2, 0.25) is 5.91 Å². The Morgan fingerprint density at radius 1 is 1.36 bits per heavy atom. The van der Waals surface area contributed by atoms with Gasteiger partial charge in [-0.05, 0) is 30.6 Å². The molecule has 1 aromatic rings. The molecular weight excluding hydrogens is 300 g/mol. The first-order valence-corrected chi connectivity index (χ1v) is 8.41. The number of nitrogens with one attached hydrogen (secondary N) is 2. The number of para-hydroxylation sites is 1. The summed E-state index contributed by atoms with van der Waals surface area (Å²) < 4.78 is 5.37. The molecule has 0 aliphatic carbocycles. The topological polar surface area (TPSA) is 67.4 Å². The molecular formula is C16H22N2O3S. The number of thioether (sulfide) groups is 1. The maximum absolute atomic E-state index is 12.0. The van der Waals surface area contributed by atoms with Gasteiger partial charge >= 0.3 is 0 Å². The number of hydrogen-bond donors (Lipinski definition) is 2. The van der Waals surface area contributed by atoms with E-state index < -0.39 is 6.04 Å². The SMILES string of the molecule is C=CCNC(=O)C(CCSC)NC(=O)COc1ccccc1. The summed E-state index contributed by atoms with van der Waals surface area (Å²) in [6.07, 6.45) is 4.13. The van der Waals surface area contributed by atoms with Gasteiger partial charge in [-0.1, -0.05) is 24.3 Å². The average molecular weight is 322 g/mol. The van der Waals surface area contributed by atoms with Crippen LogP contribution in [0.15, 0.2) is 43.0 Å². The standard InChI is InChI=1S/C16H22N2O3S/c1-3-10-17-16(20)14(9-11-22-2)18-15(19)12-21-13-7-5-4-6-8-13/h3-8,14H,1,9-12H2,2H3,(H,17,20)(H,18,19). The zero-order valence-electron chi connectivity index (χ0n) is 12.7. The van der Waals surface area contributed by atoms with Crippen molar-refractivity contribution in [3.8, 4) is 5.75 Å². The molecule has 0 saturated heterocycles. The molecule has 1 atom stereocenters. The molecule has 6 heteroatoms. The molecule has 2 N–H and O–H groups in total. The van der Waals surface area contributed by atoms with Gasteiger partial charge in [-0.2, -0.15) is 11.8 Å². The molecule has 0 aliphatic rings. The Labute approximate surface area is 135 Å². The normalized spacial score (nSPS) is 11.3. The van der Waals surface area contributed by atoms with E-state index in [-0.39, 0.29) is 18.4 Å². The van der Waals surface area contributed by atoms with Crippen LogP contribution >= 0.6 is 11.8 Å². The van der Waals surface area contributed by atoms with Crippen LogP contribution in [0.2, 0.25) is 0 Å². The maximum atomic E-state index is 12.0. The van der Waals surface area contributed by atoms with E-state index >= 15 is 0 Å². The third kappa shape index (κ3) is 7.17. The summed E-state index contributed by atoms with van der Waals surface area (Å²) in [5.41, 5.74) is 0. The Morgan fingerprint density at radius 2 is 2.09 bits per heavy atom. The van der Waals surface area contributed by atoms with Crippen LogP contribution < -0.4 is 15.4 Å². The highest BCUT2D eigenvalue weighted by atomic mass is 32.2. The minimum absolute atomic E-state index is 0.117. The third-order valence-corrected chi connectivity index (χ3v) is 3.44. The highest BCUT2D eigenvalue weighted by Crippen LogP contribution is 2.08. The van der Waals surface area contributed by atoms with Crippen LogP contribution in [0.3, 0.4) is 0 Å². The van der Waals surface area contributed by atoms with Gasteiger partial charge in [0.1, 0.15) is 11.8 Å². The molecule has 0 bridgehead atoms. The van der Waals surface area contributed by atoms with E-state index in [2.05, 4.69) is 17.2 Å². The Hall–Kier alpha value is -1.95. The highest BCUT2D eigenvalue weighted by Gasteiger charge is 2.19. The van der Waals surface area contributed by atoms with Crippen molar-refractivity contribution in [1.29, 1.82) is 0 Å². The highest BCUT2D eigenvalue weighted by molar-refractivity contribution is 7.98. The number of hydrogen-bond acceptors (Lipinski definition) is 4. The molecule has 1 aromatic carbocycles. The number of carbonyl (C=O) groups excluding carboxylic acids is 2. The van der Waals surface area contributed by atoms with Crippen molar-refractivity contribution in [3.05, 3.63) is 43.0 Å². The van der Waals surface area contributed by atoms with Gasteiger partial charge < -0.3 is 15.4 Å². The molecule has 5 nitrogen and oxygen atoms in total. The number of carbonyl (C=O) groups is 2. The summed E-state index contributed by atoms with van der Waals surface area (Å²) >= 11 is 1.63. The van der Waals surface area contributed by atoms with Crippen LogP contribution in [0, 0.1) is 0 Å². The molecule has 0 spiro atoms. The fourth-order valence-corrected chi connectivity index (χ4v) is 2.17. The zero-order valence-corrected chi connectivity index (χ0v) is 13.5. The van der Waals surface area contributed by atoms with Crippen LogP contribution in [-0.4, -0.2) is 43.0 Å². The van der Waals surface area contributed by atoms with Gasteiger partial charge in [0.25, 0.3) is 5.91 Å². The Morgan fingerprint density at radius 3 is 2.73 bits per heavy atom. The van der Waals surface area contributed by atoms with Gasteiger partial charge in [-0.15, -0.1) is 6.58 Å². The predicted octanol–water partition coefficient (Wildman–Crippen LogP) is 1.61. The van der Waals surface area contributed by atoms with Crippen LogP contribution in [-0.2, 0) is 9.59 Å². The second-order valence-electron chi connectivity index (χ2n) is 4.54. The number of rotatable bonds is 10. The Kier molecular flexibility index (Phi) is 8.83. The first kappa shape index (κ1) is 18.1. The second-order valence-corrected chi connectivity index (χ2v) is 5.52. The second kappa shape index (κ2) is 10.7. The zero-order chi connectivity index (χ0) is 16.2. The molecule has 1 rings (SSSR count). The summed E-state index contributed by atoms with van der Waals surface area (Å²) in [5, 5.41) is 5.41. The summed E-state index contributed by atoms with van der Waals surface area (Å²) in [4.78, 5) is 23.9. The smallest absolute Gasteiger partial charge is 0.258 e. The van der Waals surface area contributed by atoms with Crippen LogP contribution in [0.1, 0.15) is 6.42 Å². The van der Waals surface area contributed by atoms with E-state index in [1.807, 2.05) is 24.5 Å². The first-order chi connectivity index (χ1) is 10.7. The van der Waals surface area contributed by atoms with Crippen molar-refractivity contribution in [2.24, 2.45) is 0 Å². The average Bonchev–Trinajstić information content (AvgIpc) is 2.55. The van der Waals surface area contributed by atoms with Gasteiger partial charge in [-0.25, -0.2) is 0 Å². The number of amides is 2. The molecule has 0 saturated carbocycles. The van der Waals surface area contributed by atoms with Crippen molar-refractivity contribution in [2.45, 2.75) is 12.5 Å². The van der Waals surface area contributed by atoms with E-state index in [1.165, 1.54) is 0 Å². The van der Waals surface area contributed by atoms with Crippen molar-refractivity contribution >= 4 is 23.6 Å². The van der Waals surface area contributed by atoms with Crippen LogP contribution in [0.4, 0.5) is 0 Å². The lowest BCUT2D eigenvalue weighted by Gasteiger charge is -2.17. The third-order valence-electron chi connectivity index (χ3n) is 2.80. The largest absolute Gasteiger partial charge is 0.484 e. The lowest BCUT2D eigenvalue weighted by molar-refractivity contribution is -0.129. The minimum Gasteiger partial charge on any atom is -0.484 e. The fraction of sp³-hybridized carbons (Fsp3) is 0.375. The van der Waals surface area contributed by atoms with Crippen molar-refractivity contribution < 1.29 is 14.3 Å². The van der Waals surface area contributed by atoms with Crippen molar-refractivity contribution in [2.75, 3.05) is 25.2 Å². The van der Waals surface area contributed by atoms with Gasteiger partial charge in [0.05, 0.1) is 0 Å². The molecule has 2 amide bonds. The quantitative estimate of drug-likeness (QED) is 0.642. The van der Waals surface area contributed by atoms with E-state index in [4.69, 9.17) is 4.74 Å². The van der Waals surface area contributed by atoms with E-state index in [0.717, 1.165) is 5.75 Å². The predicted molar refractivity (Wildman–Crippen MR) is 90.1 cm³/mol. The monoisotopic (exact) mass is 322 g/mol. The van der Waals surface area contributed by atoms with Gasteiger partial charge in [0.15, 0.2) is 6.61 Å². The molecule has 0 radical (unpaired) electrons. The molecule has 0 fully saturated rings. The molecule has 22 heavy (non-hydrogen) atoms. The maximum Gasteiger partial charge on any atom is 0.258 e.